The lowest BCUT2D eigenvalue weighted by atomic mass is 9.91. The molecule has 1 aromatic rings. The number of fused-ring (bicyclic) bond motifs is 1. The number of likely N-dealkylation sites (tertiary alicyclic amines) is 1. The van der Waals surface area contributed by atoms with Gasteiger partial charge in [0.05, 0.1) is 11.5 Å². The van der Waals surface area contributed by atoms with Crippen molar-refractivity contribution in [3.63, 3.8) is 0 Å². The molecule has 2 fully saturated rings. The molecule has 2 aliphatic rings. The van der Waals surface area contributed by atoms with Gasteiger partial charge >= 0.3 is 0 Å². The van der Waals surface area contributed by atoms with E-state index in [1.807, 2.05) is 0 Å². The summed E-state index contributed by atoms with van der Waals surface area (Å²) in [6, 6.07) is 6.61. The van der Waals surface area contributed by atoms with Crippen molar-refractivity contribution in [2.45, 2.75) is 38.1 Å². The van der Waals surface area contributed by atoms with Crippen LogP contribution in [0.3, 0.4) is 0 Å². The van der Waals surface area contributed by atoms with Crippen molar-refractivity contribution in [1.29, 1.82) is 0 Å². The molecule has 0 N–H and O–H groups in total. The SMILES string of the molecule is O=C(CN1CCCC2CCCC21)c1cccc([N+](=O)[O-])c1. The van der Waals surface area contributed by atoms with Crippen molar-refractivity contribution in [1.82, 2.24) is 4.90 Å². The first kappa shape index (κ1) is 14.2. The number of Topliss-reactive ketones (excluding diaryl/α,β-unsaturated/α-hetero) is 1. The van der Waals surface area contributed by atoms with Crippen LogP contribution in [0.2, 0.25) is 0 Å². The van der Waals surface area contributed by atoms with E-state index in [1.165, 1.54) is 37.8 Å². The Hall–Kier alpha value is -1.75. The van der Waals surface area contributed by atoms with Crippen LogP contribution in [0.5, 0.6) is 0 Å². The van der Waals surface area contributed by atoms with Gasteiger partial charge in [-0.05, 0) is 38.1 Å². The minimum absolute atomic E-state index is 0.00810. The second-order valence-corrected chi connectivity index (χ2v) is 6.10. The van der Waals surface area contributed by atoms with E-state index in [0.717, 1.165) is 18.9 Å². The predicted molar refractivity (Wildman–Crippen MR) is 79.4 cm³/mol. The molecule has 1 saturated carbocycles. The van der Waals surface area contributed by atoms with Gasteiger partial charge in [-0.3, -0.25) is 19.8 Å². The summed E-state index contributed by atoms with van der Waals surface area (Å²) in [5.74, 6) is 0.739. The minimum atomic E-state index is -0.454. The van der Waals surface area contributed by atoms with Gasteiger partial charge in [-0.2, -0.15) is 0 Å². The van der Waals surface area contributed by atoms with Crippen LogP contribution in [0.15, 0.2) is 24.3 Å². The molecule has 0 radical (unpaired) electrons. The zero-order valence-corrected chi connectivity index (χ0v) is 12.0. The van der Waals surface area contributed by atoms with Crippen LogP contribution in [0.4, 0.5) is 5.69 Å². The number of nitro benzene ring substituents is 1. The molecule has 1 aromatic carbocycles. The quantitative estimate of drug-likeness (QED) is 0.485. The number of nitrogens with zero attached hydrogens (tertiary/aromatic N) is 2. The summed E-state index contributed by atoms with van der Waals surface area (Å²) >= 11 is 0. The summed E-state index contributed by atoms with van der Waals surface area (Å²) in [6.07, 6.45) is 6.17. The molecule has 1 aliphatic carbocycles. The highest BCUT2D eigenvalue weighted by atomic mass is 16.6. The molecule has 112 valence electrons. The molecule has 5 nitrogen and oxygen atoms in total. The lowest BCUT2D eigenvalue weighted by Crippen LogP contribution is -2.45. The lowest BCUT2D eigenvalue weighted by Gasteiger charge is -2.37. The number of hydrogen-bond acceptors (Lipinski definition) is 4. The Balaban J connectivity index is 1.71. The molecule has 0 amide bonds. The molecule has 2 atom stereocenters. The normalized spacial score (nSPS) is 25.5. The second-order valence-electron chi connectivity index (χ2n) is 6.10. The summed E-state index contributed by atoms with van der Waals surface area (Å²) in [6.45, 7) is 1.37. The Morgan fingerprint density at radius 3 is 2.90 bits per heavy atom. The zero-order valence-electron chi connectivity index (χ0n) is 12.0. The topological polar surface area (TPSA) is 63.5 Å². The molecule has 21 heavy (non-hydrogen) atoms. The Bertz CT molecular complexity index is 558. The summed E-state index contributed by atoms with van der Waals surface area (Å²) in [4.78, 5) is 25.1. The molecule has 5 heteroatoms. The monoisotopic (exact) mass is 288 g/mol. The summed E-state index contributed by atoms with van der Waals surface area (Å²) in [5, 5.41) is 10.8. The number of nitro groups is 1. The summed E-state index contributed by atoms with van der Waals surface area (Å²) in [7, 11) is 0. The molecule has 0 spiro atoms. The van der Waals surface area contributed by atoms with Crippen LogP contribution in [0.25, 0.3) is 0 Å². The average molecular weight is 288 g/mol. The highest BCUT2D eigenvalue weighted by Gasteiger charge is 2.35. The number of carbonyl (C=O) groups excluding carboxylic acids is 1. The smallest absolute Gasteiger partial charge is 0.270 e. The van der Waals surface area contributed by atoms with Crippen LogP contribution in [0, 0.1) is 16.0 Å². The standard InChI is InChI=1S/C16H20N2O3/c19-16(13-5-1-7-14(10-13)18(20)21)11-17-9-3-6-12-4-2-8-15(12)17/h1,5,7,10,12,15H,2-4,6,8-9,11H2. The van der Waals surface area contributed by atoms with Crippen molar-refractivity contribution in [2.75, 3.05) is 13.1 Å². The maximum Gasteiger partial charge on any atom is 0.270 e. The van der Waals surface area contributed by atoms with Crippen LogP contribution in [-0.4, -0.2) is 34.7 Å². The molecule has 1 saturated heterocycles. The number of non-ortho nitro benzene ring substituents is 1. The molecule has 0 bridgehead atoms. The fourth-order valence-corrected chi connectivity index (χ4v) is 3.82. The van der Waals surface area contributed by atoms with E-state index in [9.17, 15) is 14.9 Å². The molecule has 0 aromatic heterocycles. The van der Waals surface area contributed by atoms with E-state index in [0.29, 0.717) is 18.2 Å². The first-order valence-electron chi connectivity index (χ1n) is 7.67. The van der Waals surface area contributed by atoms with Gasteiger partial charge in [0.15, 0.2) is 5.78 Å². The number of piperidine rings is 1. The molecule has 1 heterocycles. The number of ketones is 1. The van der Waals surface area contributed by atoms with E-state index in [2.05, 4.69) is 4.90 Å². The van der Waals surface area contributed by atoms with E-state index < -0.39 is 4.92 Å². The van der Waals surface area contributed by atoms with Crippen LogP contribution in [0.1, 0.15) is 42.5 Å². The molecule has 2 unspecified atom stereocenters. The average Bonchev–Trinajstić information content (AvgIpc) is 2.97. The molecular weight excluding hydrogens is 268 g/mol. The van der Waals surface area contributed by atoms with Crippen LogP contribution >= 0.6 is 0 Å². The van der Waals surface area contributed by atoms with Gasteiger partial charge in [0.2, 0.25) is 0 Å². The Morgan fingerprint density at radius 2 is 2.10 bits per heavy atom. The lowest BCUT2D eigenvalue weighted by molar-refractivity contribution is -0.384. The van der Waals surface area contributed by atoms with Gasteiger partial charge in [-0.15, -0.1) is 0 Å². The fraction of sp³-hybridized carbons (Fsp3) is 0.562. The van der Waals surface area contributed by atoms with Crippen LogP contribution < -0.4 is 0 Å². The summed E-state index contributed by atoms with van der Waals surface area (Å²) < 4.78 is 0. The number of hydrogen-bond donors (Lipinski definition) is 0. The maximum atomic E-state index is 12.4. The fourth-order valence-electron chi connectivity index (χ4n) is 3.82. The zero-order chi connectivity index (χ0) is 14.8. The van der Waals surface area contributed by atoms with E-state index >= 15 is 0 Å². The van der Waals surface area contributed by atoms with E-state index in [4.69, 9.17) is 0 Å². The first-order valence-corrected chi connectivity index (χ1v) is 7.67. The van der Waals surface area contributed by atoms with Gasteiger partial charge in [0.1, 0.15) is 0 Å². The number of benzene rings is 1. The highest BCUT2D eigenvalue weighted by Crippen LogP contribution is 2.36. The Morgan fingerprint density at radius 1 is 1.29 bits per heavy atom. The van der Waals surface area contributed by atoms with Crippen molar-refractivity contribution in [3.8, 4) is 0 Å². The van der Waals surface area contributed by atoms with E-state index in [1.54, 1.807) is 12.1 Å². The highest BCUT2D eigenvalue weighted by molar-refractivity contribution is 5.98. The van der Waals surface area contributed by atoms with Gasteiger partial charge in [0.25, 0.3) is 5.69 Å². The van der Waals surface area contributed by atoms with Gasteiger partial charge in [0, 0.05) is 23.7 Å². The van der Waals surface area contributed by atoms with Crippen molar-refractivity contribution >= 4 is 11.5 Å². The Labute approximate surface area is 124 Å². The third-order valence-corrected chi connectivity index (χ3v) is 4.83. The predicted octanol–water partition coefficient (Wildman–Crippen LogP) is 3.04. The third kappa shape index (κ3) is 2.97. The van der Waals surface area contributed by atoms with Gasteiger partial charge < -0.3 is 0 Å². The number of carbonyl (C=O) groups is 1. The van der Waals surface area contributed by atoms with Gasteiger partial charge in [-0.1, -0.05) is 18.6 Å². The molecule has 3 rings (SSSR count). The van der Waals surface area contributed by atoms with Crippen LogP contribution in [-0.2, 0) is 0 Å². The van der Waals surface area contributed by atoms with E-state index in [-0.39, 0.29) is 11.5 Å². The van der Waals surface area contributed by atoms with Crippen molar-refractivity contribution in [3.05, 3.63) is 39.9 Å². The minimum Gasteiger partial charge on any atom is -0.293 e. The summed E-state index contributed by atoms with van der Waals surface area (Å²) in [5.41, 5.74) is 0.433. The second kappa shape index (κ2) is 5.93. The first-order chi connectivity index (χ1) is 10.1. The largest absolute Gasteiger partial charge is 0.293 e. The van der Waals surface area contributed by atoms with Crippen molar-refractivity contribution in [2.24, 2.45) is 5.92 Å². The maximum absolute atomic E-state index is 12.4. The van der Waals surface area contributed by atoms with Crippen molar-refractivity contribution < 1.29 is 9.72 Å². The van der Waals surface area contributed by atoms with Gasteiger partial charge in [-0.25, -0.2) is 0 Å². The Kier molecular flexibility index (Phi) is 4.01. The third-order valence-electron chi connectivity index (χ3n) is 4.83. The number of rotatable bonds is 4. The molecular formula is C16H20N2O3. The molecule has 1 aliphatic heterocycles.